The van der Waals surface area contributed by atoms with Crippen LogP contribution >= 0.6 is 11.6 Å². The fraction of sp³-hybridized carbons (Fsp3) is 0.0833. The maximum Gasteiger partial charge on any atom is 0.300 e. The van der Waals surface area contributed by atoms with Crippen LogP contribution in [0, 0.1) is 5.82 Å². The van der Waals surface area contributed by atoms with Gasteiger partial charge in [0, 0.05) is 21.8 Å². The van der Waals surface area contributed by atoms with Crippen molar-refractivity contribution in [2.24, 2.45) is 0 Å². The predicted octanol–water partition coefficient (Wildman–Crippen LogP) is 5.11. The molecule has 3 aromatic carbocycles. The minimum atomic E-state index is -1.15. The minimum absolute atomic E-state index is 0.0908. The first-order valence-corrected chi connectivity index (χ1v) is 9.75. The van der Waals surface area contributed by atoms with E-state index in [1.807, 2.05) is 0 Å². The lowest BCUT2D eigenvalue weighted by Crippen LogP contribution is -2.29. The van der Waals surface area contributed by atoms with Crippen molar-refractivity contribution in [1.82, 2.24) is 0 Å². The zero-order chi connectivity index (χ0) is 22.1. The van der Waals surface area contributed by atoms with Crippen LogP contribution in [0.15, 0.2) is 78.4 Å². The summed E-state index contributed by atoms with van der Waals surface area (Å²) in [6.07, 6.45) is 0. The molecular weight excluding hydrogens is 421 g/mol. The van der Waals surface area contributed by atoms with Gasteiger partial charge in [-0.15, -0.1) is 0 Å². The number of benzene rings is 3. The monoisotopic (exact) mass is 437 g/mol. The number of anilines is 1. The van der Waals surface area contributed by atoms with Crippen molar-refractivity contribution >= 4 is 34.7 Å². The first-order chi connectivity index (χ1) is 14.9. The molecule has 1 amide bonds. The van der Waals surface area contributed by atoms with E-state index >= 15 is 0 Å². The normalized spacial score (nSPS) is 17.8. The van der Waals surface area contributed by atoms with E-state index in [4.69, 9.17) is 16.3 Å². The summed E-state index contributed by atoms with van der Waals surface area (Å²) in [5, 5.41) is 11.4. The van der Waals surface area contributed by atoms with Gasteiger partial charge in [0.15, 0.2) is 0 Å². The van der Waals surface area contributed by atoms with Crippen LogP contribution in [0.2, 0.25) is 5.02 Å². The van der Waals surface area contributed by atoms with Crippen molar-refractivity contribution in [1.29, 1.82) is 0 Å². The van der Waals surface area contributed by atoms with Crippen molar-refractivity contribution in [2.45, 2.75) is 6.04 Å². The zero-order valence-corrected chi connectivity index (χ0v) is 17.1. The smallest absolute Gasteiger partial charge is 0.300 e. The number of methoxy groups -OCH3 is 1. The Hall–Kier alpha value is -3.64. The third kappa shape index (κ3) is 3.66. The van der Waals surface area contributed by atoms with Crippen LogP contribution < -0.4 is 9.64 Å². The zero-order valence-electron chi connectivity index (χ0n) is 16.4. The number of halogens is 2. The van der Waals surface area contributed by atoms with Crippen molar-refractivity contribution in [3.8, 4) is 5.75 Å². The Labute approximate surface area is 182 Å². The number of aliphatic hydroxyl groups excluding tert-OH is 1. The molecule has 1 aliphatic rings. The molecule has 1 aliphatic heterocycles. The topological polar surface area (TPSA) is 66.8 Å². The highest BCUT2D eigenvalue weighted by Crippen LogP contribution is 2.43. The number of ether oxygens (including phenoxy) is 1. The van der Waals surface area contributed by atoms with Crippen LogP contribution in [0.3, 0.4) is 0 Å². The highest BCUT2D eigenvalue weighted by Gasteiger charge is 2.47. The van der Waals surface area contributed by atoms with Gasteiger partial charge in [0.25, 0.3) is 11.7 Å². The summed E-state index contributed by atoms with van der Waals surface area (Å²) in [5.41, 5.74) is 0.547. The summed E-state index contributed by atoms with van der Waals surface area (Å²) in [7, 11) is 1.51. The van der Waals surface area contributed by atoms with Crippen LogP contribution in [-0.4, -0.2) is 23.9 Å². The minimum Gasteiger partial charge on any atom is -0.507 e. The maximum atomic E-state index is 14.8. The summed E-state index contributed by atoms with van der Waals surface area (Å²) >= 11 is 5.91. The van der Waals surface area contributed by atoms with Gasteiger partial charge >= 0.3 is 0 Å². The molecule has 5 nitrogen and oxygen atoms in total. The molecule has 1 heterocycles. The van der Waals surface area contributed by atoms with E-state index in [-0.39, 0.29) is 11.1 Å². The van der Waals surface area contributed by atoms with Crippen molar-refractivity contribution < 1.29 is 23.8 Å². The van der Waals surface area contributed by atoms with E-state index in [1.165, 1.54) is 42.3 Å². The molecule has 3 aromatic rings. The van der Waals surface area contributed by atoms with Gasteiger partial charge < -0.3 is 9.84 Å². The number of amides is 1. The fourth-order valence-electron chi connectivity index (χ4n) is 3.60. The Morgan fingerprint density at radius 3 is 2.26 bits per heavy atom. The average molecular weight is 438 g/mol. The van der Waals surface area contributed by atoms with E-state index in [1.54, 1.807) is 42.5 Å². The average Bonchev–Trinajstić information content (AvgIpc) is 3.04. The van der Waals surface area contributed by atoms with Crippen LogP contribution in [0.25, 0.3) is 5.76 Å². The third-order valence-corrected chi connectivity index (χ3v) is 5.36. The molecule has 31 heavy (non-hydrogen) atoms. The molecule has 0 spiro atoms. The number of nitrogens with zero attached hydrogens (tertiary/aromatic N) is 1. The second kappa shape index (κ2) is 8.24. The first kappa shape index (κ1) is 20.6. The van der Waals surface area contributed by atoms with Crippen LogP contribution in [-0.2, 0) is 9.59 Å². The Balaban J connectivity index is 1.94. The van der Waals surface area contributed by atoms with Crippen LogP contribution in [0.1, 0.15) is 17.2 Å². The summed E-state index contributed by atoms with van der Waals surface area (Å²) in [6, 6.07) is 17.3. The lowest BCUT2D eigenvalue weighted by atomic mass is 9.94. The summed E-state index contributed by atoms with van der Waals surface area (Å²) in [5.74, 6) is -2.22. The molecule has 4 rings (SSSR count). The number of rotatable bonds is 4. The van der Waals surface area contributed by atoms with Gasteiger partial charge in [-0.3, -0.25) is 14.5 Å². The molecule has 1 unspecified atom stereocenters. The number of ketones is 1. The molecule has 1 saturated heterocycles. The van der Waals surface area contributed by atoms with E-state index in [0.717, 1.165) is 0 Å². The van der Waals surface area contributed by atoms with Gasteiger partial charge in [0.2, 0.25) is 0 Å². The molecule has 1 fully saturated rings. The molecule has 0 aromatic heterocycles. The summed E-state index contributed by atoms with van der Waals surface area (Å²) in [4.78, 5) is 27.2. The van der Waals surface area contributed by atoms with E-state index in [9.17, 15) is 19.1 Å². The number of aliphatic hydroxyl groups is 1. The highest BCUT2D eigenvalue weighted by atomic mass is 35.5. The van der Waals surface area contributed by atoms with E-state index in [0.29, 0.717) is 22.0 Å². The van der Waals surface area contributed by atoms with Crippen molar-refractivity contribution in [3.63, 3.8) is 0 Å². The van der Waals surface area contributed by atoms with Crippen molar-refractivity contribution in [2.75, 3.05) is 12.0 Å². The van der Waals surface area contributed by atoms with E-state index in [2.05, 4.69) is 0 Å². The second-order valence-electron chi connectivity index (χ2n) is 6.90. The van der Waals surface area contributed by atoms with Crippen LogP contribution in [0.5, 0.6) is 5.75 Å². The maximum absolute atomic E-state index is 14.8. The van der Waals surface area contributed by atoms with Gasteiger partial charge in [0.05, 0.1) is 18.7 Å². The number of hydrogen-bond donors (Lipinski definition) is 1. The van der Waals surface area contributed by atoms with Gasteiger partial charge in [-0.1, -0.05) is 29.8 Å². The first-order valence-electron chi connectivity index (χ1n) is 9.38. The lowest BCUT2D eigenvalue weighted by molar-refractivity contribution is -0.132. The number of carbonyl (C=O) groups excluding carboxylic acids is 2. The highest BCUT2D eigenvalue weighted by molar-refractivity contribution is 6.51. The quantitative estimate of drug-likeness (QED) is 0.350. The molecule has 1 N–H and O–H groups in total. The van der Waals surface area contributed by atoms with Gasteiger partial charge in [-0.2, -0.15) is 0 Å². The number of carbonyl (C=O) groups is 2. The molecule has 0 aliphatic carbocycles. The Bertz CT molecular complexity index is 1190. The Morgan fingerprint density at radius 1 is 1.00 bits per heavy atom. The number of Topliss-reactive ketones (excluding diaryl/α,β-unsaturated/α-hetero) is 1. The van der Waals surface area contributed by atoms with Gasteiger partial charge in [-0.25, -0.2) is 4.39 Å². The van der Waals surface area contributed by atoms with Crippen molar-refractivity contribution in [3.05, 3.63) is 100 Å². The lowest BCUT2D eigenvalue weighted by Gasteiger charge is -2.25. The molecule has 0 radical (unpaired) electrons. The fourth-order valence-corrected chi connectivity index (χ4v) is 3.72. The summed E-state index contributed by atoms with van der Waals surface area (Å²) in [6.45, 7) is 0. The largest absolute Gasteiger partial charge is 0.507 e. The standard InChI is InChI=1S/C24H17ClFNO4/c1-31-17-12-10-16(11-13-17)27-21(18-4-2-3-5-19(18)26)20(23(29)24(27)30)22(28)14-6-8-15(25)9-7-14/h2-13,21,28H,1H3/b22-20+. The molecule has 0 saturated carbocycles. The van der Waals surface area contributed by atoms with Crippen LogP contribution in [0.4, 0.5) is 10.1 Å². The van der Waals surface area contributed by atoms with Gasteiger partial charge in [0.1, 0.15) is 17.3 Å². The Morgan fingerprint density at radius 2 is 1.65 bits per heavy atom. The van der Waals surface area contributed by atoms with E-state index < -0.39 is 29.3 Å². The molecule has 7 heteroatoms. The van der Waals surface area contributed by atoms with Gasteiger partial charge in [-0.05, 0) is 54.6 Å². The predicted molar refractivity (Wildman–Crippen MR) is 116 cm³/mol. The third-order valence-electron chi connectivity index (χ3n) is 5.11. The molecular formula is C24H17ClFNO4. The molecule has 0 bridgehead atoms. The summed E-state index contributed by atoms with van der Waals surface area (Å²) < 4.78 is 20.0. The second-order valence-corrected chi connectivity index (χ2v) is 7.33. The molecule has 156 valence electrons. The molecule has 1 atom stereocenters. The SMILES string of the molecule is COc1ccc(N2C(=O)C(=O)/C(=C(/O)c3ccc(Cl)cc3)C2c2ccccc2F)cc1. The number of hydrogen-bond acceptors (Lipinski definition) is 4. The Kier molecular flexibility index (Phi) is 5.48.